The van der Waals surface area contributed by atoms with Gasteiger partial charge in [-0.15, -0.1) is 59.3 Å². The van der Waals surface area contributed by atoms with Gasteiger partial charge in [0.1, 0.15) is 9.52 Å². The molecule has 0 nitrogen and oxygen atoms in total. The van der Waals surface area contributed by atoms with Crippen molar-refractivity contribution in [2.45, 2.75) is 0 Å². The monoisotopic (exact) mass is 593 g/mol. The second-order valence-electron chi connectivity index (χ2n) is 7.28. The van der Waals surface area contributed by atoms with Gasteiger partial charge in [-0.05, 0) is 0 Å². The molecule has 0 aliphatic heterocycles. The van der Waals surface area contributed by atoms with Crippen LogP contribution in [0.25, 0.3) is 21.5 Å². The maximum absolute atomic E-state index is 2.20. The first-order valence-corrected chi connectivity index (χ1v) is 11.7. The van der Waals surface area contributed by atoms with Crippen molar-refractivity contribution in [2.75, 3.05) is 0 Å². The van der Waals surface area contributed by atoms with E-state index in [0.717, 1.165) is 0 Å². The Kier molecular flexibility index (Phi) is 9.61. The van der Waals surface area contributed by atoms with Gasteiger partial charge < -0.3 is 0 Å². The molecule has 1 radical (unpaired) electrons. The first kappa shape index (κ1) is 23.8. The molecule has 0 N–H and O–H groups in total. The molecule has 0 heterocycles. The van der Waals surface area contributed by atoms with Crippen molar-refractivity contribution in [1.29, 1.82) is 0 Å². The summed E-state index contributed by atoms with van der Waals surface area (Å²) < 4.78 is 0. The predicted octanol–water partition coefficient (Wildman–Crippen LogP) is 6.19. The third-order valence-electron chi connectivity index (χ3n) is 5.03. The summed E-state index contributed by atoms with van der Waals surface area (Å²) in [5, 5.41) is 8.23. The topological polar surface area (TPSA) is 0 Å². The van der Waals surface area contributed by atoms with Gasteiger partial charge in [-0.2, -0.15) is 35.0 Å². The molecule has 2 heteroatoms. The molecule has 0 atom stereocenters. The third-order valence-corrected chi connectivity index (χ3v) is 6.46. The smallest absolute Gasteiger partial charge is 0.103 e. The second-order valence-corrected chi connectivity index (χ2v) is 8.90. The summed E-state index contributed by atoms with van der Waals surface area (Å²) in [5.41, 5.74) is 0. The number of hydrogen-bond donors (Lipinski definition) is 0. The molecule has 0 unspecified atom stereocenters. The zero-order chi connectivity index (χ0) is 21.1. The Morgan fingerprint density at radius 2 is 0.781 bits per heavy atom. The van der Waals surface area contributed by atoms with Crippen molar-refractivity contribution in [3.8, 4) is 0 Å². The minimum Gasteiger partial charge on any atom is -0.168 e. The number of rotatable bonds is 2. The quantitative estimate of drug-likeness (QED) is 0.166. The molecular weight excluding hydrogens is 567 g/mol. The van der Waals surface area contributed by atoms with Crippen molar-refractivity contribution < 1.29 is 25.8 Å². The predicted molar refractivity (Wildman–Crippen MR) is 138 cm³/mol. The Balaban J connectivity index is 0.000000137. The SMILES string of the molecule is [Hf].c1ccc([SiH]c2ccccc2)cc1.c1ccc2[cH-]ccc2c1.c1ccc2[cH-]ccc2c1. The summed E-state index contributed by atoms with van der Waals surface area (Å²) in [6, 6.07) is 50.7. The molecule has 6 aromatic rings. The average Bonchev–Trinajstić information content (AvgIpc) is 3.51. The normalized spacial score (nSPS) is 9.75. The summed E-state index contributed by atoms with van der Waals surface area (Å²) in [5.74, 6) is 0. The van der Waals surface area contributed by atoms with Gasteiger partial charge in [-0.3, -0.25) is 0 Å². The van der Waals surface area contributed by atoms with Crippen molar-refractivity contribution >= 4 is 41.4 Å². The molecule has 32 heavy (non-hydrogen) atoms. The van der Waals surface area contributed by atoms with Crippen LogP contribution in [0.4, 0.5) is 0 Å². The molecule has 6 rings (SSSR count). The molecule has 0 amide bonds. The fourth-order valence-corrected chi connectivity index (χ4v) is 4.65. The van der Waals surface area contributed by atoms with Crippen molar-refractivity contribution in [1.82, 2.24) is 0 Å². The van der Waals surface area contributed by atoms with Gasteiger partial charge in [0.05, 0.1) is 0 Å². The van der Waals surface area contributed by atoms with Gasteiger partial charge in [0, 0.05) is 25.8 Å². The molecule has 0 aliphatic carbocycles. The van der Waals surface area contributed by atoms with E-state index < -0.39 is 0 Å². The van der Waals surface area contributed by atoms with Crippen LogP contribution in [0.5, 0.6) is 0 Å². The number of benzene rings is 4. The molecule has 0 saturated heterocycles. The van der Waals surface area contributed by atoms with Gasteiger partial charge >= 0.3 is 0 Å². The van der Waals surface area contributed by atoms with Crippen LogP contribution in [0.1, 0.15) is 0 Å². The van der Waals surface area contributed by atoms with Crippen molar-refractivity contribution in [3.05, 3.63) is 146 Å². The van der Waals surface area contributed by atoms with Gasteiger partial charge in [0.15, 0.2) is 0 Å². The van der Waals surface area contributed by atoms with E-state index in [1.807, 2.05) is 0 Å². The minimum absolute atomic E-state index is 0. The van der Waals surface area contributed by atoms with Crippen LogP contribution >= 0.6 is 0 Å². The van der Waals surface area contributed by atoms with Crippen LogP contribution in [-0.4, -0.2) is 9.52 Å². The fourth-order valence-electron chi connectivity index (χ4n) is 3.43. The summed E-state index contributed by atoms with van der Waals surface area (Å²) >= 11 is 0. The Morgan fingerprint density at radius 3 is 1.19 bits per heavy atom. The minimum atomic E-state index is 0. The zero-order valence-electron chi connectivity index (χ0n) is 17.9. The van der Waals surface area contributed by atoms with Crippen LogP contribution in [0.15, 0.2) is 146 Å². The van der Waals surface area contributed by atoms with E-state index in [9.17, 15) is 0 Å². The van der Waals surface area contributed by atoms with Gasteiger partial charge in [-0.25, -0.2) is 0 Å². The van der Waals surface area contributed by atoms with E-state index in [0.29, 0.717) is 0 Å². The van der Waals surface area contributed by atoms with Crippen LogP contribution in [0.3, 0.4) is 0 Å². The Labute approximate surface area is 211 Å². The molecule has 0 aromatic heterocycles. The van der Waals surface area contributed by atoms with Crippen molar-refractivity contribution in [3.63, 3.8) is 0 Å². The zero-order valence-corrected chi connectivity index (χ0v) is 22.7. The maximum Gasteiger partial charge on any atom is 0.103 e. The van der Waals surface area contributed by atoms with Gasteiger partial charge in [-0.1, -0.05) is 83.2 Å². The van der Waals surface area contributed by atoms with E-state index in [1.165, 1.54) is 31.9 Å². The van der Waals surface area contributed by atoms with Gasteiger partial charge in [0.25, 0.3) is 0 Å². The van der Waals surface area contributed by atoms with Crippen LogP contribution in [0.2, 0.25) is 0 Å². The molecule has 0 saturated carbocycles. The summed E-state index contributed by atoms with van der Waals surface area (Å²) in [4.78, 5) is 0. The molecule has 0 fully saturated rings. The Morgan fingerprint density at radius 1 is 0.406 bits per heavy atom. The standard InChI is InChI=1S/C12H11Si.2C9H7.Hf/c1-3-7-11(8-4-1)13-12-9-5-2-6-10-12;2*1-2-5-9-7-3-6-8(9)4-1;/h1-10,13H;2*1-7H;/q;2*-1;. The molecule has 0 bridgehead atoms. The van der Waals surface area contributed by atoms with Crippen LogP contribution in [-0.2, 0) is 25.8 Å². The van der Waals surface area contributed by atoms with E-state index in [2.05, 4.69) is 146 Å². The second kappa shape index (κ2) is 12.9. The largest absolute Gasteiger partial charge is 0.168 e. The van der Waals surface area contributed by atoms with E-state index in [-0.39, 0.29) is 35.4 Å². The molecule has 0 spiro atoms. The first-order chi connectivity index (χ1) is 15.4. The molecular formula is C30H25HfSi-2. The molecule has 0 aliphatic rings. The van der Waals surface area contributed by atoms with Crippen LogP contribution < -0.4 is 10.4 Å². The van der Waals surface area contributed by atoms with Gasteiger partial charge in [0.2, 0.25) is 0 Å². The molecule has 155 valence electrons. The van der Waals surface area contributed by atoms with E-state index >= 15 is 0 Å². The number of fused-ring (bicyclic) bond motifs is 2. The van der Waals surface area contributed by atoms with Crippen molar-refractivity contribution in [2.24, 2.45) is 0 Å². The first-order valence-electron chi connectivity index (χ1n) is 10.5. The van der Waals surface area contributed by atoms with E-state index in [1.54, 1.807) is 0 Å². The number of hydrogen-bond acceptors (Lipinski definition) is 0. The summed E-state index contributed by atoms with van der Waals surface area (Å²) in [6.07, 6.45) is 0. The summed E-state index contributed by atoms with van der Waals surface area (Å²) in [6.45, 7) is 0. The van der Waals surface area contributed by atoms with E-state index in [4.69, 9.17) is 0 Å². The third kappa shape index (κ3) is 7.12. The fraction of sp³-hybridized carbons (Fsp3) is 0. The molecule has 6 aromatic carbocycles. The Hall–Kier alpha value is -2.81. The Bertz CT molecular complexity index is 1140. The average molecular weight is 592 g/mol. The summed E-state index contributed by atoms with van der Waals surface area (Å²) in [7, 11) is 0.271. The van der Waals surface area contributed by atoms with Crippen LogP contribution in [0, 0.1) is 0 Å². The maximum atomic E-state index is 2.20.